The van der Waals surface area contributed by atoms with Crippen molar-refractivity contribution < 1.29 is 27.6 Å². The number of amides is 2. The molecule has 2 amide bonds. The minimum absolute atomic E-state index is 0.0429. The van der Waals surface area contributed by atoms with Crippen LogP contribution in [-0.4, -0.2) is 60.1 Å². The zero-order valence-corrected chi connectivity index (χ0v) is 32.4. The molecule has 1 aliphatic heterocycles. The third kappa shape index (κ3) is 5.67. The quantitative estimate of drug-likeness (QED) is 0.203. The topological polar surface area (TPSA) is 144 Å². The average Bonchev–Trinajstić information content (AvgIpc) is 3.96. The van der Waals surface area contributed by atoms with Crippen molar-refractivity contribution in [2.75, 3.05) is 6.54 Å². The Balaban J connectivity index is 1.26. The molecule has 0 radical (unpaired) electrons. The number of hydrogen-bond acceptors (Lipinski definition) is 7. The number of nitrogens with one attached hydrogen (secondary N) is 1. The molecule has 6 atom stereocenters. The molecule has 10 heteroatoms. The molecule has 280 valence electrons. The molecular weight excluding hydrogens is 651 g/mol. The molecular formula is C40H63N3O6S. The summed E-state index contributed by atoms with van der Waals surface area (Å²) in [7, 11) is -3.91. The minimum atomic E-state index is -3.91. The molecule has 5 saturated carbocycles. The number of Topliss-reactive ketones (excluding diaryl/α,β-unsaturated/α-hetero) is 2. The molecule has 6 aliphatic rings. The molecule has 1 saturated heterocycles. The standard InChI is InChI=1S/C40H63N3O6S/c1-8-16-37(19-20-37)50(48,49)42-34(47)38(22-27(38)9-2)24-31(45)29-23-40(36(6,7)39(40)17-13-18-39)25-43(29)33(46)28(35(3,4)5)21-30(44)32(41)26-14-11-10-12-15-26/h9,26-29,32H,2,8,10-25,41H2,1,3-7H3,(H,42,47)/t27-,28-,29+,32+,38-,40-/m1/s1. The molecule has 0 aromatic heterocycles. The highest BCUT2D eigenvalue weighted by atomic mass is 32.2. The van der Waals surface area contributed by atoms with Crippen molar-refractivity contribution in [2.45, 2.75) is 161 Å². The van der Waals surface area contributed by atoms with E-state index in [9.17, 15) is 27.6 Å². The number of fused-ring (bicyclic) bond motifs is 1. The van der Waals surface area contributed by atoms with E-state index in [2.05, 4.69) is 25.1 Å². The van der Waals surface area contributed by atoms with Crippen molar-refractivity contribution in [1.29, 1.82) is 0 Å². The largest absolute Gasteiger partial charge is 0.332 e. The van der Waals surface area contributed by atoms with E-state index in [-0.39, 0.29) is 58.4 Å². The van der Waals surface area contributed by atoms with E-state index in [4.69, 9.17) is 5.73 Å². The van der Waals surface area contributed by atoms with Crippen LogP contribution in [0, 0.1) is 44.8 Å². The van der Waals surface area contributed by atoms with Crippen LogP contribution in [0.25, 0.3) is 0 Å². The predicted molar refractivity (Wildman–Crippen MR) is 194 cm³/mol. The number of hydrogen-bond donors (Lipinski definition) is 2. The third-order valence-electron chi connectivity index (χ3n) is 15.4. The fourth-order valence-electron chi connectivity index (χ4n) is 11.4. The lowest BCUT2D eigenvalue weighted by Gasteiger charge is -2.36. The van der Waals surface area contributed by atoms with E-state index in [1.807, 2.05) is 27.7 Å². The fourth-order valence-corrected chi connectivity index (χ4v) is 13.1. The smallest absolute Gasteiger partial charge is 0.240 e. The van der Waals surface area contributed by atoms with Crippen LogP contribution in [0.5, 0.6) is 0 Å². The molecule has 0 unspecified atom stereocenters. The van der Waals surface area contributed by atoms with Crippen molar-refractivity contribution in [3.63, 3.8) is 0 Å². The van der Waals surface area contributed by atoms with Gasteiger partial charge in [-0.3, -0.25) is 23.9 Å². The second kappa shape index (κ2) is 12.5. The van der Waals surface area contributed by atoms with Crippen LogP contribution in [0.1, 0.15) is 144 Å². The van der Waals surface area contributed by atoms with Gasteiger partial charge in [0.25, 0.3) is 0 Å². The molecule has 6 rings (SSSR count). The monoisotopic (exact) mass is 713 g/mol. The van der Waals surface area contributed by atoms with Gasteiger partial charge in [-0.05, 0) is 85.9 Å². The summed E-state index contributed by atoms with van der Waals surface area (Å²) in [6, 6.07) is -1.33. The van der Waals surface area contributed by atoms with E-state index in [1.54, 1.807) is 11.0 Å². The molecule has 50 heavy (non-hydrogen) atoms. The Kier molecular flexibility index (Phi) is 9.43. The van der Waals surface area contributed by atoms with Gasteiger partial charge in [-0.2, -0.15) is 0 Å². The molecule has 0 aromatic rings. The number of nitrogens with two attached hydrogens (primary N) is 1. The first-order chi connectivity index (χ1) is 23.3. The minimum Gasteiger partial charge on any atom is -0.332 e. The molecule has 1 heterocycles. The average molecular weight is 714 g/mol. The van der Waals surface area contributed by atoms with E-state index in [1.165, 1.54) is 0 Å². The SMILES string of the molecule is C=C[C@@H]1C[C@]1(CC(=O)[C@@H]1C[C@@]2(CN1C(=O)[C@@H](CC(=O)[C@@H](N)C1CCCCC1)C(C)(C)C)C(C)(C)C21CCC1)C(=O)NS(=O)(=O)C1(CCC)CC1. The maximum absolute atomic E-state index is 14.9. The van der Waals surface area contributed by atoms with Gasteiger partial charge in [0, 0.05) is 30.7 Å². The number of carbonyl (C=O) groups is 4. The summed E-state index contributed by atoms with van der Waals surface area (Å²) >= 11 is 0. The van der Waals surface area contributed by atoms with Gasteiger partial charge in [-0.15, -0.1) is 6.58 Å². The highest BCUT2D eigenvalue weighted by Crippen LogP contribution is 2.88. The molecule has 3 N–H and O–H groups in total. The van der Waals surface area contributed by atoms with Crippen molar-refractivity contribution >= 4 is 33.4 Å². The van der Waals surface area contributed by atoms with E-state index in [0.29, 0.717) is 45.1 Å². The lowest BCUT2D eigenvalue weighted by atomic mass is 9.73. The molecule has 9 nitrogen and oxygen atoms in total. The first-order valence-corrected chi connectivity index (χ1v) is 21.1. The van der Waals surface area contributed by atoms with E-state index < -0.39 is 49.5 Å². The first kappa shape index (κ1) is 37.7. The summed E-state index contributed by atoms with van der Waals surface area (Å²) in [6.45, 7) is 16.8. The Morgan fingerprint density at radius 2 is 1.62 bits per heavy atom. The van der Waals surface area contributed by atoms with Gasteiger partial charge in [-0.25, -0.2) is 8.42 Å². The summed E-state index contributed by atoms with van der Waals surface area (Å²) in [5.74, 6) is -1.91. The maximum atomic E-state index is 14.9. The highest BCUT2D eigenvalue weighted by Gasteiger charge is 2.85. The number of likely N-dealkylation sites (tertiary alicyclic amines) is 1. The number of rotatable bonds is 14. The van der Waals surface area contributed by atoms with E-state index >= 15 is 0 Å². The van der Waals surface area contributed by atoms with Gasteiger partial charge in [-0.1, -0.05) is 79.7 Å². The van der Waals surface area contributed by atoms with Crippen molar-refractivity contribution in [3.05, 3.63) is 12.7 Å². The third-order valence-corrected chi connectivity index (χ3v) is 17.6. The van der Waals surface area contributed by atoms with Crippen LogP contribution < -0.4 is 10.5 Å². The Labute approximate surface area is 300 Å². The van der Waals surface area contributed by atoms with Crippen LogP contribution in [0.3, 0.4) is 0 Å². The summed E-state index contributed by atoms with van der Waals surface area (Å²) in [6.07, 6.45) is 13.1. The zero-order valence-electron chi connectivity index (χ0n) is 31.6. The number of sulfonamides is 1. The second-order valence-corrected chi connectivity index (χ2v) is 21.1. The molecule has 5 aliphatic carbocycles. The highest BCUT2D eigenvalue weighted by molar-refractivity contribution is 7.91. The van der Waals surface area contributed by atoms with Gasteiger partial charge >= 0.3 is 0 Å². The summed E-state index contributed by atoms with van der Waals surface area (Å²) in [5, 5.41) is 0. The molecule has 2 spiro atoms. The lowest BCUT2D eigenvalue weighted by molar-refractivity contribution is -0.146. The van der Waals surface area contributed by atoms with Crippen molar-refractivity contribution in [1.82, 2.24) is 9.62 Å². The van der Waals surface area contributed by atoms with Gasteiger partial charge in [0.2, 0.25) is 21.8 Å². The molecule has 0 bridgehead atoms. The Morgan fingerprint density at radius 3 is 2.10 bits per heavy atom. The summed E-state index contributed by atoms with van der Waals surface area (Å²) < 4.78 is 28.3. The summed E-state index contributed by atoms with van der Waals surface area (Å²) in [4.78, 5) is 59.0. The second-order valence-electron chi connectivity index (χ2n) is 19.1. The number of carbonyl (C=O) groups excluding carboxylic acids is 4. The maximum Gasteiger partial charge on any atom is 0.240 e. The van der Waals surface area contributed by atoms with Crippen molar-refractivity contribution in [3.8, 4) is 0 Å². The Morgan fingerprint density at radius 1 is 0.980 bits per heavy atom. The Hall–Kier alpha value is -2.07. The number of ketones is 2. The number of nitrogens with zero attached hydrogens (tertiary/aromatic N) is 1. The molecule has 0 aromatic carbocycles. The van der Waals surface area contributed by atoms with Gasteiger partial charge in [0.05, 0.1) is 22.2 Å². The van der Waals surface area contributed by atoms with Crippen LogP contribution >= 0.6 is 0 Å². The van der Waals surface area contributed by atoms with E-state index in [0.717, 1.165) is 51.4 Å². The van der Waals surface area contributed by atoms with Crippen LogP contribution in [0.2, 0.25) is 0 Å². The van der Waals surface area contributed by atoms with Crippen molar-refractivity contribution in [2.24, 2.45) is 50.6 Å². The summed E-state index contributed by atoms with van der Waals surface area (Å²) in [5.41, 5.74) is 4.64. The van der Waals surface area contributed by atoms with Crippen LogP contribution in [-0.2, 0) is 29.2 Å². The zero-order chi connectivity index (χ0) is 36.7. The van der Waals surface area contributed by atoms with Gasteiger partial charge < -0.3 is 10.6 Å². The fraction of sp³-hybridized carbons (Fsp3) is 0.850. The van der Waals surface area contributed by atoms with Gasteiger partial charge in [0.15, 0.2) is 11.6 Å². The first-order valence-electron chi connectivity index (χ1n) is 19.6. The van der Waals surface area contributed by atoms with Gasteiger partial charge in [0.1, 0.15) is 0 Å². The normalized spacial score (nSPS) is 33.3. The van der Waals surface area contributed by atoms with Crippen LogP contribution in [0.4, 0.5) is 0 Å². The Bertz CT molecular complexity index is 1530. The predicted octanol–water partition coefficient (Wildman–Crippen LogP) is 6.24. The number of allylic oxidation sites excluding steroid dienone is 1. The molecule has 6 fully saturated rings. The van der Waals surface area contributed by atoms with Crippen LogP contribution in [0.15, 0.2) is 12.7 Å². The lowest BCUT2D eigenvalue weighted by Crippen LogP contribution is -2.50.